The minimum absolute atomic E-state index is 0.0555. The first-order chi connectivity index (χ1) is 8.49. The van der Waals surface area contributed by atoms with E-state index in [2.05, 4.69) is 25.9 Å². The molecule has 0 spiro atoms. The third kappa shape index (κ3) is 2.38. The van der Waals surface area contributed by atoms with E-state index < -0.39 is 5.97 Å². The molecule has 1 heterocycles. The van der Waals surface area contributed by atoms with Crippen molar-refractivity contribution in [2.75, 3.05) is 0 Å². The molecule has 0 fully saturated rings. The molecule has 1 aromatic heterocycles. The summed E-state index contributed by atoms with van der Waals surface area (Å²) in [6, 6.07) is 4.38. The van der Waals surface area contributed by atoms with Gasteiger partial charge in [-0.1, -0.05) is 0 Å². The molecule has 4 nitrogen and oxygen atoms in total. The van der Waals surface area contributed by atoms with Gasteiger partial charge in [0.25, 0.3) is 0 Å². The maximum absolute atomic E-state index is 13.1. The van der Waals surface area contributed by atoms with Gasteiger partial charge in [-0.25, -0.2) is 19.2 Å². The molecular formula is C12H8BrFN2O2. The van der Waals surface area contributed by atoms with Gasteiger partial charge in [0.15, 0.2) is 5.82 Å². The highest BCUT2D eigenvalue weighted by Gasteiger charge is 2.11. The van der Waals surface area contributed by atoms with E-state index >= 15 is 0 Å². The molecular weight excluding hydrogens is 303 g/mol. The summed E-state index contributed by atoms with van der Waals surface area (Å²) in [6.45, 7) is 1.59. The molecule has 0 aliphatic rings. The number of aromatic carboxylic acids is 1. The summed E-state index contributed by atoms with van der Waals surface area (Å²) in [7, 11) is 0. The number of aromatic nitrogens is 2. The zero-order valence-electron chi connectivity index (χ0n) is 9.32. The Morgan fingerprint density at radius 3 is 2.72 bits per heavy atom. The second kappa shape index (κ2) is 4.81. The second-order valence-electron chi connectivity index (χ2n) is 3.63. The number of carbonyl (C=O) groups is 1. The fraction of sp³-hybridized carbons (Fsp3) is 0.0833. The van der Waals surface area contributed by atoms with Crippen LogP contribution in [0.4, 0.5) is 4.39 Å². The summed E-state index contributed by atoms with van der Waals surface area (Å²) in [5.41, 5.74) is 1.04. The SMILES string of the molecule is Cc1nc(-c2ccc(F)c(Br)c2)ncc1C(=O)O. The van der Waals surface area contributed by atoms with Crippen LogP contribution in [0.2, 0.25) is 0 Å². The molecule has 92 valence electrons. The zero-order valence-corrected chi connectivity index (χ0v) is 10.9. The predicted octanol–water partition coefficient (Wildman–Crippen LogP) is 3.05. The van der Waals surface area contributed by atoms with Crippen molar-refractivity contribution in [3.05, 3.63) is 45.9 Å². The summed E-state index contributed by atoms with van der Waals surface area (Å²) in [6.07, 6.45) is 1.25. The highest BCUT2D eigenvalue weighted by molar-refractivity contribution is 9.10. The normalized spacial score (nSPS) is 10.4. The van der Waals surface area contributed by atoms with Crippen LogP contribution in [0.25, 0.3) is 11.4 Å². The molecule has 0 saturated carbocycles. The standard InChI is InChI=1S/C12H8BrFN2O2/c1-6-8(12(17)18)5-15-11(16-6)7-2-3-10(14)9(13)4-7/h2-5H,1H3,(H,17,18). The summed E-state index contributed by atoms with van der Waals surface area (Å²) in [5, 5.41) is 8.87. The van der Waals surface area contributed by atoms with Crippen LogP contribution in [-0.2, 0) is 0 Å². The van der Waals surface area contributed by atoms with Crippen LogP contribution >= 0.6 is 15.9 Å². The lowest BCUT2D eigenvalue weighted by atomic mass is 10.2. The average Bonchev–Trinajstić information content (AvgIpc) is 2.32. The van der Waals surface area contributed by atoms with Gasteiger partial charge in [-0.3, -0.25) is 0 Å². The van der Waals surface area contributed by atoms with Crippen LogP contribution in [-0.4, -0.2) is 21.0 Å². The smallest absolute Gasteiger partial charge is 0.339 e. The lowest BCUT2D eigenvalue weighted by Gasteiger charge is -2.04. The van der Waals surface area contributed by atoms with Crippen LogP contribution in [0.1, 0.15) is 16.1 Å². The Morgan fingerprint density at radius 2 is 2.17 bits per heavy atom. The van der Waals surface area contributed by atoms with Crippen LogP contribution in [0.5, 0.6) is 0 Å². The molecule has 2 rings (SSSR count). The van der Waals surface area contributed by atoms with Crippen molar-refractivity contribution in [1.29, 1.82) is 0 Å². The maximum atomic E-state index is 13.1. The first kappa shape index (κ1) is 12.6. The summed E-state index contributed by atoms with van der Waals surface area (Å²) in [5.74, 6) is -1.09. The molecule has 0 unspecified atom stereocenters. The molecule has 2 aromatic rings. The minimum Gasteiger partial charge on any atom is -0.478 e. The summed E-state index contributed by atoms with van der Waals surface area (Å²) in [4.78, 5) is 18.9. The average molecular weight is 311 g/mol. The van der Waals surface area contributed by atoms with E-state index in [1.165, 1.54) is 18.3 Å². The fourth-order valence-corrected chi connectivity index (χ4v) is 1.83. The molecule has 6 heteroatoms. The molecule has 0 aliphatic heterocycles. The topological polar surface area (TPSA) is 63.1 Å². The van der Waals surface area contributed by atoms with E-state index in [0.717, 1.165) is 0 Å². The zero-order chi connectivity index (χ0) is 13.3. The number of nitrogens with zero attached hydrogens (tertiary/aromatic N) is 2. The number of benzene rings is 1. The molecule has 1 N–H and O–H groups in total. The minimum atomic E-state index is -1.07. The number of carboxylic acid groups (broad SMARTS) is 1. The van der Waals surface area contributed by atoms with Crippen molar-refractivity contribution in [2.45, 2.75) is 6.92 Å². The van der Waals surface area contributed by atoms with Crippen molar-refractivity contribution in [2.24, 2.45) is 0 Å². The monoisotopic (exact) mass is 310 g/mol. The predicted molar refractivity (Wildman–Crippen MR) is 66.8 cm³/mol. The molecule has 0 bridgehead atoms. The Kier molecular flexibility index (Phi) is 3.38. The lowest BCUT2D eigenvalue weighted by molar-refractivity contribution is 0.0695. The lowest BCUT2D eigenvalue weighted by Crippen LogP contribution is -2.04. The number of halogens is 2. The van der Waals surface area contributed by atoms with Gasteiger partial charge in [0, 0.05) is 11.8 Å². The fourth-order valence-electron chi connectivity index (χ4n) is 1.45. The molecule has 0 amide bonds. The summed E-state index contributed by atoms with van der Waals surface area (Å²) >= 11 is 3.07. The van der Waals surface area contributed by atoms with E-state index in [1.54, 1.807) is 13.0 Å². The first-order valence-electron chi connectivity index (χ1n) is 5.01. The summed E-state index contributed by atoms with van der Waals surface area (Å²) < 4.78 is 13.4. The Labute approximate surface area is 111 Å². The van der Waals surface area contributed by atoms with Gasteiger partial charge in [-0.2, -0.15) is 0 Å². The van der Waals surface area contributed by atoms with E-state index in [9.17, 15) is 9.18 Å². The number of hydrogen-bond donors (Lipinski definition) is 1. The highest BCUT2D eigenvalue weighted by atomic mass is 79.9. The number of carboxylic acids is 1. The van der Waals surface area contributed by atoms with Gasteiger partial charge < -0.3 is 5.11 Å². The molecule has 18 heavy (non-hydrogen) atoms. The highest BCUT2D eigenvalue weighted by Crippen LogP contribution is 2.23. The van der Waals surface area contributed by atoms with Crippen molar-refractivity contribution in [1.82, 2.24) is 9.97 Å². The molecule has 0 aliphatic carbocycles. The van der Waals surface area contributed by atoms with Crippen LogP contribution in [0.3, 0.4) is 0 Å². The van der Waals surface area contributed by atoms with Crippen LogP contribution < -0.4 is 0 Å². The van der Waals surface area contributed by atoms with Crippen molar-refractivity contribution in [3.63, 3.8) is 0 Å². The van der Waals surface area contributed by atoms with Gasteiger partial charge in [0.1, 0.15) is 5.82 Å². The van der Waals surface area contributed by atoms with Gasteiger partial charge >= 0.3 is 5.97 Å². The van der Waals surface area contributed by atoms with E-state index in [-0.39, 0.29) is 11.4 Å². The van der Waals surface area contributed by atoms with Gasteiger partial charge in [0.05, 0.1) is 15.7 Å². The van der Waals surface area contributed by atoms with Gasteiger partial charge in [0.2, 0.25) is 0 Å². The second-order valence-corrected chi connectivity index (χ2v) is 4.48. The molecule has 1 aromatic carbocycles. The Morgan fingerprint density at radius 1 is 1.44 bits per heavy atom. The number of hydrogen-bond acceptors (Lipinski definition) is 3. The third-order valence-electron chi connectivity index (χ3n) is 2.39. The Bertz CT molecular complexity index is 631. The van der Waals surface area contributed by atoms with E-state index in [1.807, 2.05) is 0 Å². The van der Waals surface area contributed by atoms with Crippen LogP contribution in [0.15, 0.2) is 28.9 Å². The Balaban J connectivity index is 2.48. The molecule has 0 atom stereocenters. The molecule has 0 radical (unpaired) electrons. The first-order valence-corrected chi connectivity index (χ1v) is 5.80. The van der Waals surface area contributed by atoms with Crippen molar-refractivity contribution in [3.8, 4) is 11.4 Å². The Hall–Kier alpha value is -1.82. The van der Waals surface area contributed by atoms with Gasteiger partial charge in [-0.05, 0) is 41.1 Å². The van der Waals surface area contributed by atoms with Gasteiger partial charge in [-0.15, -0.1) is 0 Å². The van der Waals surface area contributed by atoms with Crippen LogP contribution in [0, 0.1) is 12.7 Å². The van der Waals surface area contributed by atoms with E-state index in [0.29, 0.717) is 21.6 Å². The molecule has 0 saturated heterocycles. The quantitative estimate of drug-likeness (QED) is 0.926. The largest absolute Gasteiger partial charge is 0.478 e. The van der Waals surface area contributed by atoms with E-state index in [4.69, 9.17) is 5.11 Å². The maximum Gasteiger partial charge on any atom is 0.339 e. The van der Waals surface area contributed by atoms with Crippen molar-refractivity contribution < 1.29 is 14.3 Å². The van der Waals surface area contributed by atoms with Crippen molar-refractivity contribution >= 4 is 21.9 Å². The number of rotatable bonds is 2. The third-order valence-corrected chi connectivity index (χ3v) is 3.00. The number of aryl methyl sites for hydroxylation is 1.